The molecular formula is C47H53F2IN6O4. The van der Waals surface area contributed by atoms with Crippen molar-refractivity contribution in [3.63, 3.8) is 0 Å². The third-order valence-electron chi connectivity index (χ3n) is 14.0. The number of rotatable bonds is 10. The highest BCUT2D eigenvalue weighted by atomic mass is 127. The molecule has 0 saturated carbocycles. The molecular weight excluding hydrogens is 877 g/mol. The summed E-state index contributed by atoms with van der Waals surface area (Å²) in [7, 11) is 0. The SMILES string of the molecule is CC(F)CN1[C@H](c2c(F)cc(N3CC4(CCCN(C(=O)CN5Cc6cc(C=O)c(CC(C)C7CCC(=O)NC7=O)cc6C5)C4)C3)cc2I)c2[nH]c3ccccc3c2C[C@H]1C. The zero-order valence-electron chi connectivity index (χ0n) is 34.5. The number of likely N-dealkylation sites (tertiary alicyclic amines) is 1. The van der Waals surface area contributed by atoms with Crippen LogP contribution in [0.3, 0.4) is 0 Å². The second kappa shape index (κ2) is 16.2. The van der Waals surface area contributed by atoms with Crippen molar-refractivity contribution in [1.29, 1.82) is 0 Å². The van der Waals surface area contributed by atoms with Crippen molar-refractivity contribution in [2.75, 3.05) is 44.2 Å². The highest BCUT2D eigenvalue weighted by Gasteiger charge is 2.47. The van der Waals surface area contributed by atoms with Gasteiger partial charge in [0.05, 0.1) is 12.6 Å². The average molecular weight is 931 g/mol. The van der Waals surface area contributed by atoms with E-state index in [1.165, 1.54) is 5.56 Å². The molecule has 5 atom stereocenters. The Morgan fingerprint density at radius 1 is 1.07 bits per heavy atom. The van der Waals surface area contributed by atoms with Crippen molar-refractivity contribution in [2.24, 2.45) is 17.3 Å². The van der Waals surface area contributed by atoms with Gasteiger partial charge in [0.2, 0.25) is 17.7 Å². The number of para-hydroxylation sites is 1. The van der Waals surface area contributed by atoms with Crippen molar-refractivity contribution in [1.82, 2.24) is 25.0 Å². The van der Waals surface area contributed by atoms with Gasteiger partial charge in [0, 0.05) is 107 Å². The van der Waals surface area contributed by atoms with Gasteiger partial charge in [-0.15, -0.1) is 0 Å². The van der Waals surface area contributed by atoms with Crippen molar-refractivity contribution >= 4 is 63.2 Å². The molecule has 3 fully saturated rings. The number of hydrogen-bond acceptors (Lipinski definition) is 7. The monoisotopic (exact) mass is 930 g/mol. The summed E-state index contributed by atoms with van der Waals surface area (Å²) < 4.78 is 32.2. The Morgan fingerprint density at radius 3 is 2.57 bits per heavy atom. The third-order valence-corrected chi connectivity index (χ3v) is 14.9. The normalized spacial score (nSPS) is 23.9. The second-order valence-corrected chi connectivity index (χ2v) is 19.6. The van der Waals surface area contributed by atoms with E-state index in [-0.39, 0.29) is 59.9 Å². The van der Waals surface area contributed by atoms with E-state index in [1.807, 2.05) is 36.1 Å². The number of alkyl halides is 1. The molecule has 0 bridgehead atoms. The molecule has 10 nitrogen and oxygen atoms in total. The first-order valence-electron chi connectivity index (χ1n) is 21.5. The number of anilines is 1. The summed E-state index contributed by atoms with van der Waals surface area (Å²) in [4.78, 5) is 62.3. The summed E-state index contributed by atoms with van der Waals surface area (Å²) in [6.45, 7) is 10.2. The molecule has 5 aliphatic heterocycles. The lowest BCUT2D eigenvalue weighted by molar-refractivity contribution is -0.138. The number of imide groups is 1. The highest BCUT2D eigenvalue weighted by molar-refractivity contribution is 14.1. The van der Waals surface area contributed by atoms with Crippen molar-refractivity contribution in [2.45, 2.75) is 90.6 Å². The lowest BCUT2D eigenvalue weighted by Gasteiger charge is -2.55. The second-order valence-electron chi connectivity index (χ2n) is 18.4. The number of amides is 3. The molecule has 1 spiro atoms. The number of piperidine rings is 2. The summed E-state index contributed by atoms with van der Waals surface area (Å²) in [6.07, 6.45) is 3.89. The van der Waals surface area contributed by atoms with Crippen molar-refractivity contribution < 1.29 is 28.0 Å². The van der Waals surface area contributed by atoms with Gasteiger partial charge in [-0.25, -0.2) is 8.78 Å². The van der Waals surface area contributed by atoms with Gasteiger partial charge in [0.15, 0.2) is 0 Å². The predicted octanol–water partition coefficient (Wildman–Crippen LogP) is 7.09. The number of carbonyl (C=O) groups excluding carboxylic acids is 4. The largest absolute Gasteiger partial charge is 0.370 e. The summed E-state index contributed by atoms with van der Waals surface area (Å²) in [6, 6.07) is 15.5. The number of aromatic nitrogens is 1. The van der Waals surface area contributed by atoms with Gasteiger partial charge in [-0.1, -0.05) is 31.2 Å². The molecule has 60 heavy (non-hydrogen) atoms. The van der Waals surface area contributed by atoms with Crippen LogP contribution in [0.5, 0.6) is 0 Å². The summed E-state index contributed by atoms with van der Waals surface area (Å²) in [5.74, 6) is -0.980. The Morgan fingerprint density at radius 2 is 1.83 bits per heavy atom. The molecule has 3 saturated heterocycles. The number of nitrogens with zero attached hydrogens (tertiary/aromatic N) is 4. The van der Waals surface area contributed by atoms with Crippen LogP contribution in [0.15, 0.2) is 48.5 Å². The topological polar surface area (TPSA) is 109 Å². The van der Waals surface area contributed by atoms with Crippen LogP contribution in [0.4, 0.5) is 14.5 Å². The van der Waals surface area contributed by atoms with Crippen LogP contribution in [0.2, 0.25) is 0 Å². The standard InChI is InChI=1S/C47H53F2IN6O4/c1-27(35-9-10-41(58)52-46(35)60)13-30-15-31-20-53(21-32(31)16-33(30)23-57)22-42(59)54-12-6-11-47(24-54)25-55(26-47)34-17-38(49)43(39(50)18-34)45-44-37(14-29(3)56(45)19-28(2)48)36-7-4-5-8-40(36)51-44/h4-5,7-8,15-18,23,27-29,35,45,51H,6,9-14,19-22,24-26H2,1-3H3,(H,52,58,60)/t27?,28?,29-,35?,45-/m1/s1. The molecule has 2 N–H and O–H groups in total. The van der Waals surface area contributed by atoms with Gasteiger partial charge in [-0.3, -0.25) is 34.3 Å². The number of fused-ring (bicyclic) bond motifs is 4. The fourth-order valence-corrected chi connectivity index (χ4v) is 11.9. The number of nitrogens with one attached hydrogen (secondary N) is 2. The summed E-state index contributed by atoms with van der Waals surface area (Å²) in [5.41, 5.74) is 8.13. The first-order chi connectivity index (χ1) is 28.8. The minimum Gasteiger partial charge on any atom is -0.370 e. The van der Waals surface area contributed by atoms with Crippen molar-refractivity contribution in [3.05, 3.63) is 97.0 Å². The number of aldehydes is 1. The van der Waals surface area contributed by atoms with E-state index in [9.17, 15) is 23.6 Å². The quantitative estimate of drug-likeness (QED) is 0.0994. The van der Waals surface area contributed by atoms with E-state index in [1.54, 1.807) is 13.0 Å². The van der Waals surface area contributed by atoms with E-state index < -0.39 is 12.2 Å². The van der Waals surface area contributed by atoms with E-state index in [0.717, 1.165) is 81.2 Å². The minimum atomic E-state index is -1.06. The molecule has 5 aliphatic rings. The first-order valence-corrected chi connectivity index (χ1v) is 22.5. The first kappa shape index (κ1) is 41.2. The number of halogens is 3. The molecule has 0 radical (unpaired) electrons. The molecule has 13 heteroatoms. The van der Waals surface area contributed by atoms with Crippen LogP contribution in [-0.4, -0.2) is 95.2 Å². The van der Waals surface area contributed by atoms with Gasteiger partial charge in [0.25, 0.3) is 0 Å². The Kier molecular flexibility index (Phi) is 11.1. The zero-order chi connectivity index (χ0) is 42.0. The number of benzene rings is 3. The lowest BCUT2D eigenvalue weighted by Crippen LogP contribution is -2.64. The summed E-state index contributed by atoms with van der Waals surface area (Å²) >= 11 is 2.26. The fraction of sp³-hybridized carbons (Fsp3) is 0.489. The number of aromatic amines is 1. The van der Waals surface area contributed by atoms with Gasteiger partial charge in [-0.05, 0) is 121 Å². The van der Waals surface area contributed by atoms with Gasteiger partial charge in [-0.2, -0.15) is 0 Å². The maximum Gasteiger partial charge on any atom is 0.236 e. The van der Waals surface area contributed by atoms with Crippen LogP contribution in [0.1, 0.15) is 96.4 Å². The summed E-state index contributed by atoms with van der Waals surface area (Å²) in [5, 5.41) is 3.59. The molecule has 3 aromatic carbocycles. The molecule has 3 unspecified atom stereocenters. The smallest absolute Gasteiger partial charge is 0.236 e. The van der Waals surface area contributed by atoms with Crippen LogP contribution in [0.25, 0.3) is 10.9 Å². The predicted molar refractivity (Wildman–Crippen MR) is 235 cm³/mol. The lowest BCUT2D eigenvalue weighted by atomic mass is 9.73. The Labute approximate surface area is 363 Å². The molecule has 4 aromatic rings. The number of carbonyl (C=O) groups is 4. The van der Waals surface area contributed by atoms with Gasteiger partial charge >= 0.3 is 0 Å². The van der Waals surface area contributed by atoms with E-state index >= 15 is 4.39 Å². The van der Waals surface area contributed by atoms with Gasteiger partial charge < -0.3 is 14.8 Å². The molecule has 1 aromatic heterocycles. The minimum absolute atomic E-state index is 0.0263. The van der Waals surface area contributed by atoms with Gasteiger partial charge in [0.1, 0.15) is 18.3 Å². The van der Waals surface area contributed by atoms with Crippen LogP contribution < -0.4 is 10.2 Å². The number of hydrogen-bond donors (Lipinski definition) is 2. The van der Waals surface area contributed by atoms with Crippen molar-refractivity contribution in [3.8, 4) is 0 Å². The van der Waals surface area contributed by atoms with E-state index in [4.69, 9.17) is 0 Å². The Bertz CT molecular complexity index is 2350. The maximum atomic E-state index is 16.7. The third kappa shape index (κ3) is 7.67. The molecule has 6 heterocycles. The molecule has 9 rings (SSSR count). The molecule has 3 amide bonds. The highest BCUT2D eigenvalue weighted by Crippen LogP contribution is 2.46. The van der Waals surface area contributed by atoms with Crippen LogP contribution in [-0.2, 0) is 40.3 Å². The fourth-order valence-electron chi connectivity index (χ4n) is 11.1. The Hall–Kier alpha value is -4.21. The zero-order valence-corrected chi connectivity index (χ0v) is 36.7. The maximum absolute atomic E-state index is 16.7. The van der Waals surface area contributed by atoms with Crippen LogP contribution >= 0.6 is 22.6 Å². The number of H-pyrrole nitrogens is 1. The van der Waals surface area contributed by atoms with E-state index in [2.05, 4.69) is 72.7 Å². The molecule has 316 valence electrons. The average Bonchev–Trinajstić information content (AvgIpc) is 3.76. The molecule has 0 aliphatic carbocycles. The van der Waals surface area contributed by atoms with E-state index in [0.29, 0.717) is 56.6 Å². The van der Waals surface area contributed by atoms with Crippen LogP contribution in [0, 0.1) is 26.6 Å². The Balaban J connectivity index is 0.852.